The van der Waals surface area contributed by atoms with Crippen molar-refractivity contribution in [2.45, 2.75) is 30.5 Å². The molecule has 0 aliphatic carbocycles. The van der Waals surface area contributed by atoms with Gasteiger partial charge in [-0.25, -0.2) is 12.8 Å². The fourth-order valence-corrected chi connectivity index (χ4v) is 5.11. The fraction of sp³-hybridized carbons (Fsp3) is 0.444. The van der Waals surface area contributed by atoms with Gasteiger partial charge < -0.3 is 9.15 Å². The van der Waals surface area contributed by atoms with Gasteiger partial charge in [-0.3, -0.25) is 4.90 Å². The Labute approximate surface area is 152 Å². The molecule has 4 rings (SSSR count). The molecule has 1 aromatic heterocycles. The van der Waals surface area contributed by atoms with Crippen molar-refractivity contribution in [2.75, 3.05) is 26.2 Å². The number of fused-ring (bicyclic) bond motifs is 1. The first-order chi connectivity index (χ1) is 12.4. The van der Waals surface area contributed by atoms with E-state index in [0.717, 1.165) is 30.2 Å². The predicted molar refractivity (Wildman–Crippen MR) is 92.5 cm³/mol. The van der Waals surface area contributed by atoms with Crippen LogP contribution in [-0.4, -0.2) is 56.0 Å². The molecule has 2 aliphatic rings. The third-order valence-corrected chi connectivity index (χ3v) is 6.84. The SMILES string of the molecule is Cc1ccc(CN2CCO[C@H]3CN(S(=O)(=O)c4ccc(F)cc4)C[C@H]32)o1. The maximum Gasteiger partial charge on any atom is 0.243 e. The standard InChI is InChI=1S/C18H21FN2O4S/c1-13-2-5-15(25-13)10-20-8-9-24-18-12-21(11-17(18)20)26(22,23)16-6-3-14(19)4-7-16/h2-7,17-18H,8-12H2,1H3/t17-,18+/m1/s1. The molecule has 0 unspecified atom stereocenters. The summed E-state index contributed by atoms with van der Waals surface area (Å²) >= 11 is 0. The van der Waals surface area contributed by atoms with Crippen LogP contribution in [0.5, 0.6) is 0 Å². The molecule has 2 aromatic rings. The van der Waals surface area contributed by atoms with E-state index in [0.29, 0.717) is 26.2 Å². The van der Waals surface area contributed by atoms with Crippen molar-refractivity contribution in [2.24, 2.45) is 0 Å². The van der Waals surface area contributed by atoms with Gasteiger partial charge in [0.15, 0.2) is 0 Å². The molecule has 0 radical (unpaired) electrons. The smallest absolute Gasteiger partial charge is 0.243 e. The minimum atomic E-state index is -3.67. The van der Waals surface area contributed by atoms with Crippen LogP contribution in [0.2, 0.25) is 0 Å². The highest BCUT2D eigenvalue weighted by Gasteiger charge is 2.44. The van der Waals surface area contributed by atoms with E-state index in [4.69, 9.17) is 9.15 Å². The zero-order valence-corrected chi connectivity index (χ0v) is 15.3. The monoisotopic (exact) mass is 380 g/mol. The van der Waals surface area contributed by atoms with Gasteiger partial charge in [0.05, 0.1) is 30.2 Å². The number of morpholine rings is 1. The number of halogens is 1. The number of aryl methyl sites for hydroxylation is 1. The van der Waals surface area contributed by atoms with Gasteiger partial charge in [-0.05, 0) is 43.3 Å². The number of ether oxygens (including phenoxy) is 1. The molecular weight excluding hydrogens is 359 g/mol. The summed E-state index contributed by atoms with van der Waals surface area (Å²) in [6.45, 7) is 4.47. The molecule has 8 heteroatoms. The maximum atomic E-state index is 13.1. The number of nitrogens with zero attached hydrogens (tertiary/aromatic N) is 2. The number of rotatable bonds is 4. The van der Waals surface area contributed by atoms with E-state index in [1.54, 1.807) is 0 Å². The highest BCUT2D eigenvalue weighted by atomic mass is 32.2. The molecule has 0 spiro atoms. The lowest BCUT2D eigenvalue weighted by Crippen LogP contribution is -2.50. The molecule has 2 atom stereocenters. The lowest BCUT2D eigenvalue weighted by molar-refractivity contribution is -0.0521. The molecule has 0 saturated carbocycles. The van der Waals surface area contributed by atoms with Gasteiger partial charge in [0.1, 0.15) is 17.3 Å². The second-order valence-corrected chi connectivity index (χ2v) is 8.67. The van der Waals surface area contributed by atoms with Crippen LogP contribution >= 0.6 is 0 Å². The summed E-state index contributed by atoms with van der Waals surface area (Å²) in [5, 5.41) is 0. The van der Waals surface area contributed by atoms with Crippen LogP contribution in [0.1, 0.15) is 11.5 Å². The van der Waals surface area contributed by atoms with E-state index in [2.05, 4.69) is 4.90 Å². The highest BCUT2D eigenvalue weighted by molar-refractivity contribution is 7.89. The summed E-state index contributed by atoms with van der Waals surface area (Å²) in [4.78, 5) is 2.32. The molecule has 26 heavy (non-hydrogen) atoms. The summed E-state index contributed by atoms with van der Waals surface area (Å²) in [5.74, 6) is 1.27. The maximum absolute atomic E-state index is 13.1. The second kappa shape index (κ2) is 6.77. The quantitative estimate of drug-likeness (QED) is 0.812. The Balaban J connectivity index is 1.52. The summed E-state index contributed by atoms with van der Waals surface area (Å²) in [7, 11) is -3.67. The van der Waals surface area contributed by atoms with Crippen molar-refractivity contribution < 1.29 is 22.0 Å². The Kier molecular flexibility index (Phi) is 4.60. The number of furan rings is 1. The number of benzene rings is 1. The van der Waals surface area contributed by atoms with Gasteiger partial charge in [0.2, 0.25) is 10.0 Å². The van der Waals surface area contributed by atoms with Gasteiger partial charge in [-0.1, -0.05) is 0 Å². The fourth-order valence-electron chi connectivity index (χ4n) is 3.64. The number of hydrogen-bond acceptors (Lipinski definition) is 5. The summed E-state index contributed by atoms with van der Waals surface area (Å²) in [5.41, 5.74) is 0. The zero-order chi connectivity index (χ0) is 18.3. The zero-order valence-electron chi connectivity index (χ0n) is 14.5. The highest BCUT2D eigenvalue weighted by Crippen LogP contribution is 2.29. The van der Waals surface area contributed by atoms with Crippen LogP contribution in [0.15, 0.2) is 45.7 Å². The van der Waals surface area contributed by atoms with Crippen molar-refractivity contribution in [1.82, 2.24) is 9.21 Å². The molecular formula is C18H21FN2O4S. The van der Waals surface area contributed by atoms with Gasteiger partial charge in [-0.15, -0.1) is 0 Å². The summed E-state index contributed by atoms with van der Waals surface area (Å²) in [6, 6.07) is 8.78. The average Bonchev–Trinajstić information content (AvgIpc) is 3.22. The topological polar surface area (TPSA) is 63.0 Å². The predicted octanol–water partition coefficient (Wildman–Crippen LogP) is 2.00. The first kappa shape index (κ1) is 17.7. The number of sulfonamides is 1. The van der Waals surface area contributed by atoms with Crippen LogP contribution in [0, 0.1) is 12.7 Å². The third kappa shape index (κ3) is 3.29. The molecule has 3 heterocycles. The normalized spacial score (nSPS) is 24.7. The molecule has 2 aliphatic heterocycles. The van der Waals surface area contributed by atoms with Crippen LogP contribution in [-0.2, 0) is 21.3 Å². The van der Waals surface area contributed by atoms with Crippen molar-refractivity contribution in [3.63, 3.8) is 0 Å². The van der Waals surface area contributed by atoms with E-state index in [1.165, 1.54) is 16.4 Å². The van der Waals surface area contributed by atoms with Crippen LogP contribution in [0.3, 0.4) is 0 Å². The Morgan fingerprint density at radius 3 is 2.62 bits per heavy atom. The molecule has 0 amide bonds. The lowest BCUT2D eigenvalue weighted by atomic mass is 10.1. The van der Waals surface area contributed by atoms with Crippen molar-refractivity contribution in [3.8, 4) is 0 Å². The van der Waals surface area contributed by atoms with E-state index < -0.39 is 15.8 Å². The van der Waals surface area contributed by atoms with Crippen LogP contribution in [0.25, 0.3) is 0 Å². The third-order valence-electron chi connectivity index (χ3n) is 4.99. The molecule has 1 aromatic carbocycles. The average molecular weight is 380 g/mol. The molecule has 0 N–H and O–H groups in total. The Morgan fingerprint density at radius 1 is 1.15 bits per heavy atom. The number of hydrogen-bond donors (Lipinski definition) is 0. The van der Waals surface area contributed by atoms with Gasteiger partial charge >= 0.3 is 0 Å². The first-order valence-electron chi connectivity index (χ1n) is 8.60. The van der Waals surface area contributed by atoms with Gasteiger partial charge in [0.25, 0.3) is 0 Å². The van der Waals surface area contributed by atoms with E-state index in [1.807, 2.05) is 19.1 Å². The lowest BCUT2D eigenvalue weighted by Gasteiger charge is -2.36. The van der Waals surface area contributed by atoms with E-state index >= 15 is 0 Å². The van der Waals surface area contributed by atoms with Crippen LogP contribution in [0.4, 0.5) is 4.39 Å². The molecule has 2 saturated heterocycles. The van der Waals surface area contributed by atoms with E-state index in [-0.39, 0.29) is 17.0 Å². The molecule has 6 nitrogen and oxygen atoms in total. The minimum absolute atomic E-state index is 0.0237. The Bertz CT molecular complexity index is 881. The molecule has 2 fully saturated rings. The first-order valence-corrected chi connectivity index (χ1v) is 10.0. The Morgan fingerprint density at radius 2 is 1.92 bits per heavy atom. The van der Waals surface area contributed by atoms with Crippen molar-refractivity contribution in [3.05, 3.63) is 53.7 Å². The van der Waals surface area contributed by atoms with Crippen molar-refractivity contribution >= 4 is 10.0 Å². The largest absolute Gasteiger partial charge is 0.465 e. The summed E-state index contributed by atoms with van der Waals surface area (Å²) < 4.78 is 51.8. The molecule has 140 valence electrons. The Hall–Kier alpha value is -1.74. The molecule has 0 bridgehead atoms. The van der Waals surface area contributed by atoms with Crippen molar-refractivity contribution in [1.29, 1.82) is 0 Å². The van der Waals surface area contributed by atoms with Gasteiger partial charge in [0, 0.05) is 19.6 Å². The second-order valence-electron chi connectivity index (χ2n) is 6.74. The van der Waals surface area contributed by atoms with Gasteiger partial charge in [-0.2, -0.15) is 4.31 Å². The minimum Gasteiger partial charge on any atom is -0.465 e. The summed E-state index contributed by atoms with van der Waals surface area (Å²) in [6.07, 6.45) is -0.171. The van der Waals surface area contributed by atoms with Crippen LogP contribution < -0.4 is 0 Å². The van der Waals surface area contributed by atoms with E-state index in [9.17, 15) is 12.8 Å².